The van der Waals surface area contributed by atoms with Crippen molar-refractivity contribution in [1.82, 2.24) is 15.1 Å². The Morgan fingerprint density at radius 1 is 0.960 bits per heavy atom. The van der Waals surface area contributed by atoms with E-state index in [1.807, 2.05) is 69.3 Å². The minimum absolute atomic E-state index is 0.0960. The summed E-state index contributed by atoms with van der Waals surface area (Å²) in [5.41, 5.74) is 2.03. The molecule has 2 aliphatic rings. The molecule has 3 N–H and O–H groups in total. The molecule has 9 nitrogen and oxygen atoms in total. The van der Waals surface area contributed by atoms with Gasteiger partial charge in [0.25, 0.3) is 0 Å². The van der Waals surface area contributed by atoms with Crippen molar-refractivity contribution in [2.24, 2.45) is 5.92 Å². The number of alkyl carbamates (subject to hydrolysis) is 1. The first kappa shape index (κ1) is 39.6. The second kappa shape index (κ2) is 17.9. The molecule has 0 heterocycles. The summed E-state index contributed by atoms with van der Waals surface area (Å²) in [7, 11) is 1.74. The van der Waals surface area contributed by atoms with E-state index < -0.39 is 41.9 Å². The highest BCUT2D eigenvalue weighted by molar-refractivity contribution is 5.84. The summed E-state index contributed by atoms with van der Waals surface area (Å²) in [6.45, 7) is 15.5. The average molecular weight is 694 g/mol. The molecule has 1 fully saturated rings. The Kier molecular flexibility index (Phi) is 14.2. The van der Waals surface area contributed by atoms with Crippen LogP contribution in [0.1, 0.15) is 122 Å². The smallest absolute Gasteiger partial charge is 0.407 e. The van der Waals surface area contributed by atoms with Crippen molar-refractivity contribution in [2.75, 3.05) is 20.2 Å². The van der Waals surface area contributed by atoms with Gasteiger partial charge in [0.2, 0.25) is 5.91 Å². The van der Waals surface area contributed by atoms with Crippen LogP contribution in [0, 0.1) is 5.92 Å². The number of rotatable bonds is 15. The van der Waals surface area contributed by atoms with E-state index in [2.05, 4.69) is 37.9 Å². The van der Waals surface area contributed by atoms with E-state index in [0.29, 0.717) is 43.2 Å². The molecule has 0 unspecified atom stereocenters. The first-order valence-corrected chi connectivity index (χ1v) is 18.8. The molecule has 2 amide bonds. The third-order valence-electron chi connectivity index (χ3n) is 10.4. The van der Waals surface area contributed by atoms with Crippen molar-refractivity contribution in [3.63, 3.8) is 0 Å². The number of ether oxygens (including phenoxy) is 2. The maximum absolute atomic E-state index is 14.6. The van der Waals surface area contributed by atoms with Crippen LogP contribution in [-0.2, 0) is 16.0 Å². The van der Waals surface area contributed by atoms with Gasteiger partial charge in [0.15, 0.2) is 0 Å². The maximum Gasteiger partial charge on any atom is 0.407 e. The van der Waals surface area contributed by atoms with Crippen LogP contribution in [0.5, 0.6) is 5.75 Å². The van der Waals surface area contributed by atoms with Gasteiger partial charge in [-0.05, 0) is 96.0 Å². The lowest BCUT2D eigenvalue weighted by Gasteiger charge is -2.35. The van der Waals surface area contributed by atoms with Gasteiger partial charge in [-0.1, -0.05) is 68.5 Å². The summed E-state index contributed by atoms with van der Waals surface area (Å²) in [5, 5.41) is 26.0. The van der Waals surface area contributed by atoms with Crippen LogP contribution in [0.2, 0.25) is 0 Å². The quantitative estimate of drug-likeness (QED) is 0.184. The average Bonchev–Trinajstić information content (AvgIpc) is 3.39. The summed E-state index contributed by atoms with van der Waals surface area (Å²) < 4.78 is 11.7. The fourth-order valence-corrected chi connectivity index (χ4v) is 7.92. The first-order chi connectivity index (χ1) is 23.6. The fraction of sp³-hybridized carbons (Fsp3) is 0.659. The third kappa shape index (κ3) is 10.9. The zero-order valence-corrected chi connectivity index (χ0v) is 31.7. The number of amides is 2. The highest BCUT2D eigenvalue weighted by Gasteiger charge is 2.40. The van der Waals surface area contributed by atoms with E-state index in [0.717, 1.165) is 48.9 Å². The lowest BCUT2D eigenvalue weighted by Crippen LogP contribution is -2.48. The summed E-state index contributed by atoms with van der Waals surface area (Å²) in [6, 6.07) is 15.2. The van der Waals surface area contributed by atoms with E-state index in [-0.39, 0.29) is 12.3 Å². The number of hydrogen-bond acceptors (Lipinski definition) is 7. The lowest BCUT2D eigenvalue weighted by molar-refractivity contribution is -0.136. The van der Waals surface area contributed by atoms with Crippen molar-refractivity contribution in [1.29, 1.82) is 0 Å². The predicted molar refractivity (Wildman–Crippen MR) is 198 cm³/mol. The van der Waals surface area contributed by atoms with Crippen LogP contribution in [-0.4, -0.2) is 88.1 Å². The number of nitrogens with one attached hydrogen (secondary N) is 1. The Morgan fingerprint density at radius 2 is 1.60 bits per heavy atom. The Hall–Kier alpha value is -3.14. The van der Waals surface area contributed by atoms with Gasteiger partial charge in [0.05, 0.1) is 30.2 Å². The molecule has 2 aromatic carbocycles. The molecule has 0 aliphatic heterocycles. The summed E-state index contributed by atoms with van der Waals surface area (Å²) >= 11 is 0. The molecule has 0 spiro atoms. The number of carbonyl (C=O) groups is 2. The third-order valence-corrected chi connectivity index (χ3v) is 10.4. The molecule has 50 heavy (non-hydrogen) atoms. The molecule has 9 heteroatoms. The Labute approximate surface area is 300 Å². The van der Waals surface area contributed by atoms with Crippen molar-refractivity contribution in [3.8, 4) is 5.75 Å². The largest absolute Gasteiger partial charge is 0.492 e. The predicted octanol–water partition coefficient (Wildman–Crippen LogP) is 7.00. The Bertz CT molecular complexity index is 1360. The van der Waals surface area contributed by atoms with Crippen LogP contribution in [0.25, 0.3) is 0 Å². The number of aliphatic hydroxyl groups excluding tert-OH is 2. The number of nitrogens with zero attached hydrogens (tertiary/aromatic N) is 2. The van der Waals surface area contributed by atoms with Crippen molar-refractivity contribution in [2.45, 2.75) is 148 Å². The number of fused-ring (bicyclic) bond motifs is 1. The number of carbonyl (C=O) groups excluding carboxylic acids is 2. The number of aliphatic hydroxyl groups is 2. The highest BCUT2D eigenvalue weighted by atomic mass is 16.6. The Morgan fingerprint density at radius 3 is 2.22 bits per heavy atom. The van der Waals surface area contributed by atoms with Gasteiger partial charge in [0, 0.05) is 32.1 Å². The molecule has 0 saturated heterocycles. The summed E-state index contributed by atoms with van der Waals surface area (Å²) in [6.07, 6.45) is 4.46. The van der Waals surface area contributed by atoms with Gasteiger partial charge in [-0.3, -0.25) is 9.69 Å². The van der Waals surface area contributed by atoms with E-state index in [1.165, 1.54) is 6.42 Å². The van der Waals surface area contributed by atoms with Gasteiger partial charge in [-0.15, -0.1) is 0 Å². The lowest BCUT2D eigenvalue weighted by atomic mass is 9.81. The zero-order valence-electron chi connectivity index (χ0n) is 31.7. The SMILES string of the molecule is CC(C)N(CCOc1ccc([C@@H](C[C@H](O)[C@H](CC2CCCCC2)NC(=O)OC(C)(C)C)C(=O)N(C)[C@H]2c3ccccc3C[C@H]2O)cc1)C(C)C. The van der Waals surface area contributed by atoms with Gasteiger partial charge < -0.3 is 29.9 Å². The van der Waals surface area contributed by atoms with E-state index >= 15 is 0 Å². The van der Waals surface area contributed by atoms with Crippen molar-refractivity contribution < 1.29 is 29.3 Å². The standard InChI is InChI=1S/C41H63N3O6/c1-27(2)44(28(3)4)22-23-49-32-20-18-30(19-21-32)34(39(47)43(8)38-33-17-13-12-16-31(33)25-37(38)46)26-36(45)35(24-29-14-10-9-11-15-29)42-40(48)50-41(5,6)7/h12-13,16-21,27-29,34-38,45-46H,9-11,14-15,22-26H2,1-8H3,(H,42,48)/t34-,35+,36+,37-,38+/m1/s1. The second-order valence-electron chi connectivity index (χ2n) is 16.1. The summed E-state index contributed by atoms with van der Waals surface area (Å²) in [4.78, 5) is 31.6. The Balaban J connectivity index is 1.59. The van der Waals surface area contributed by atoms with Crippen LogP contribution < -0.4 is 10.1 Å². The topological polar surface area (TPSA) is 112 Å². The van der Waals surface area contributed by atoms with Crippen LogP contribution in [0.3, 0.4) is 0 Å². The highest BCUT2D eigenvalue weighted by Crippen LogP contribution is 2.38. The molecule has 278 valence electrons. The van der Waals surface area contributed by atoms with Gasteiger partial charge in [0.1, 0.15) is 18.0 Å². The van der Waals surface area contributed by atoms with E-state index in [1.54, 1.807) is 11.9 Å². The van der Waals surface area contributed by atoms with E-state index in [9.17, 15) is 19.8 Å². The zero-order chi connectivity index (χ0) is 36.6. The minimum Gasteiger partial charge on any atom is -0.492 e. The number of hydrogen-bond donors (Lipinski definition) is 3. The number of likely N-dealkylation sites (N-methyl/N-ethyl adjacent to an activating group) is 1. The second-order valence-corrected chi connectivity index (χ2v) is 16.1. The van der Waals surface area contributed by atoms with Gasteiger partial charge >= 0.3 is 6.09 Å². The molecular weight excluding hydrogens is 630 g/mol. The van der Waals surface area contributed by atoms with Gasteiger partial charge in [-0.2, -0.15) is 0 Å². The molecule has 2 aromatic rings. The van der Waals surface area contributed by atoms with Crippen molar-refractivity contribution in [3.05, 3.63) is 65.2 Å². The van der Waals surface area contributed by atoms with E-state index in [4.69, 9.17) is 9.47 Å². The molecule has 0 radical (unpaired) electrons. The fourth-order valence-electron chi connectivity index (χ4n) is 7.92. The molecule has 4 rings (SSSR count). The molecule has 0 aromatic heterocycles. The van der Waals surface area contributed by atoms with Gasteiger partial charge in [-0.25, -0.2) is 4.79 Å². The summed E-state index contributed by atoms with van der Waals surface area (Å²) in [5.74, 6) is 0.162. The first-order valence-electron chi connectivity index (χ1n) is 18.8. The molecule has 0 bridgehead atoms. The molecular formula is C41H63N3O6. The molecule has 1 saturated carbocycles. The van der Waals surface area contributed by atoms with Crippen LogP contribution in [0.15, 0.2) is 48.5 Å². The molecule has 5 atom stereocenters. The minimum atomic E-state index is -1.01. The normalized spacial score (nSPS) is 20.0. The maximum atomic E-state index is 14.6. The van der Waals surface area contributed by atoms with Crippen LogP contribution in [0.4, 0.5) is 4.79 Å². The number of benzene rings is 2. The molecule has 2 aliphatic carbocycles. The van der Waals surface area contributed by atoms with Crippen LogP contribution >= 0.6 is 0 Å². The monoisotopic (exact) mass is 693 g/mol. The van der Waals surface area contributed by atoms with Crippen molar-refractivity contribution >= 4 is 12.0 Å².